The van der Waals surface area contributed by atoms with Gasteiger partial charge in [-0.15, -0.1) is 0 Å². The van der Waals surface area contributed by atoms with Gasteiger partial charge in [-0.2, -0.15) is 0 Å². The van der Waals surface area contributed by atoms with E-state index in [1.165, 1.54) is 19.3 Å². The molecule has 1 aliphatic carbocycles. The summed E-state index contributed by atoms with van der Waals surface area (Å²) in [5.41, 5.74) is 5.92. The van der Waals surface area contributed by atoms with Crippen LogP contribution in [0.2, 0.25) is 0 Å². The molecule has 2 fully saturated rings. The van der Waals surface area contributed by atoms with Crippen molar-refractivity contribution in [3.05, 3.63) is 0 Å². The largest absolute Gasteiger partial charge is 0.339 e. The van der Waals surface area contributed by atoms with Crippen molar-refractivity contribution >= 4 is 5.91 Å². The summed E-state index contributed by atoms with van der Waals surface area (Å²) in [5, 5.41) is 0. The molecule has 2 rings (SSSR count). The van der Waals surface area contributed by atoms with E-state index in [-0.39, 0.29) is 0 Å². The summed E-state index contributed by atoms with van der Waals surface area (Å²) in [6.07, 6.45) is 3.60. The predicted molar refractivity (Wildman–Crippen MR) is 77.8 cm³/mol. The Morgan fingerprint density at radius 3 is 2.58 bits per heavy atom. The van der Waals surface area contributed by atoms with E-state index < -0.39 is 0 Å². The van der Waals surface area contributed by atoms with Crippen LogP contribution in [0.4, 0.5) is 0 Å². The second kappa shape index (κ2) is 6.23. The summed E-state index contributed by atoms with van der Waals surface area (Å²) in [7, 11) is 0. The standard InChI is InChI=1S/C15H29N3O/c1-4-18(13-5-6-13)15(19)10-17-9-11(2)7-12(3)14(17)8-16/h11-14H,4-10,16H2,1-3H3. The van der Waals surface area contributed by atoms with Crippen LogP contribution in [0.25, 0.3) is 0 Å². The molecule has 0 radical (unpaired) electrons. The topological polar surface area (TPSA) is 49.6 Å². The maximum atomic E-state index is 12.4. The number of hydrogen-bond acceptors (Lipinski definition) is 3. The summed E-state index contributed by atoms with van der Waals surface area (Å²) in [5.74, 6) is 1.56. The van der Waals surface area contributed by atoms with E-state index in [1.807, 2.05) is 0 Å². The fraction of sp³-hybridized carbons (Fsp3) is 0.933. The molecule has 0 aromatic rings. The van der Waals surface area contributed by atoms with Crippen molar-refractivity contribution in [3.63, 3.8) is 0 Å². The van der Waals surface area contributed by atoms with Crippen LogP contribution < -0.4 is 5.73 Å². The predicted octanol–water partition coefficient (Wildman–Crippen LogP) is 1.30. The SMILES string of the molecule is CCN(C(=O)CN1CC(C)CC(C)C1CN)C1CC1. The van der Waals surface area contributed by atoms with Gasteiger partial charge in [-0.05, 0) is 38.0 Å². The minimum absolute atomic E-state index is 0.296. The molecule has 4 nitrogen and oxygen atoms in total. The van der Waals surface area contributed by atoms with Gasteiger partial charge in [-0.25, -0.2) is 0 Å². The highest BCUT2D eigenvalue weighted by molar-refractivity contribution is 5.79. The van der Waals surface area contributed by atoms with Crippen LogP contribution in [0.15, 0.2) is 0 Å². The highest BCUT2D eigenvalue weighted by Gasteiger charge is 2.36. The monoisotopic (exact) mass is 267 g/mol. The van der Waals surface area contributed by atoms with E-state index in [0.717, 1.165) is 13.1 Å². The van der Waals surface area contributed by atoms with Crippen LogP contribution in [-0.4, -0.2) is 54.0 Å². The lowest BCUT2D eigenvalue weighted by atomic mass is 9.85. The molecule has 0 aromatic carbocycles. The molecule has 1 heterocycles. The molecule has 0 bridgehead atoms. The minimum Gasteiger partial charge on any atom is -0.339 e. The van der Waals surface area contributed by atoms with Gasteiger partial charge in [0, 0.05) is 31.7 Å². The molecule has 2 aliphatic rings. The van der Waals surface area contributed by atoms with Gasteiger partial charge in [0.25, 0.3) is 0 Å². The number of carbonyl (C=O) groups excluding carboxylic acids is 1. The van der Waals surface area contributed by atoms with E-state index in [2.05, 4.69) is 30.6 Å². The average Bonchev–Trinajstić information content (AvgIpc) is 3.14. The molecule has 19 heavy (non-hydrogen) atoms. The second-order valence-corrected chi connectivity index (χ2v) is 6.46. The average molecular weight is 267 g/mol. The Kier molecular flexibility index (Phi) is 4.85. The number of hydrogen-bond donors (Lipinski definition) is 1. The number of nitrogens with two attached hydrogens (primary N) is 1. The summed E-state index contributed by atoms with van der Waals surface area (Å²) >= 11 is 0. The summed E-state index contributed by atoms with van der Waals surface area (Å²) in [6.45, 7) is 9.70. The quantitative estimate of drug-likeness (QED) is 0.817. The maximum absolute atomic E-state index is 12.4. The molecule has 3 unspecified atom stereocenters. The van der Waals surface area contributed by atoms with Crippen LogP contribution in [0, 0.1) is 11.8 Å². The lowest BCUT2D eigenvalue weighted by Crippen LogP contribution is -2.54. The van der Waals surface area contributed by atoms with Gasteiger partial charge in [0.05, 0.1) is 6.54 Å². The molecule has 1 aliphatic heterocycles. The van der Waals surface area contributed by atoms with Crippen molar-refractivity contribution in [2.45, 2.75) is 52.1 Å². The van der Waals surface area contributed by atoms with E-state index in [9.17, 15) is 4.79 Å². The molecule has 1 amide bonds. The molecule has 2 N–H and O–H groups in total. The minimum atomic E-state index is 0.296. The van der Waals surface area contributed by atoms with Gasteiger partial charge >= 0.3 is 0 Å². The Hall–Kier alpha value is -0.610. The van der Waals surface area contributed by atoms with Gasteiger partial charge in [0.1, 0.15) is 0 Å². The van der Waals surface area contributed by atoms with Crippen molar-refractivity contribution in [2.24, 2.45) is 17.6 Å². The Morgan fingerprint density at radius 2 is 2.05 bits per heavy atom. The van der Waals surface area contributed by atoms with Gasteiger partial charge in [0.2, 0.25) is 5.91 Å². The van der Waals surface area contributed by atoms with E-state index >= 15 is 0 Å². The van der Waals surface area contributed by atoms with Crippen molar-refractivity contribution in [3.8, 4) is 0 Å². The van der Waals surface area contributed by atoms with E-state index in [0.29, 0.717) is 42.9 Å². The third kappa shape index (κ3) is 3.48. The van der Waals surface area contributed by atoms with Crippen molar-refractivity contribution in [1.29, 1.82) is 0 Å². The van der Waals surface area contributed by atoms with E-state index in [1.54, 1.807) is 0 Å². The van der Waals surface area contributed by atoms with Crippen LogP contribution in [0.1, 0.15) is 40.0 Å². The van der Waals surface area contributed by atoms with Crippen molar-refractivity contribution in [2.75, 3.05) is 26.2 Å². The molecule has 4 heteroatoms. The van der Waals surface area contributed by atoms with Crippen LogP contribution in [0.5, 0.6) is 0 Å². The zero-order valence-corrected chi connectivity index (χ0v) is 12.6. The summed E-state index contributed by atoms with van der Waals surface area (Å²) < 4.78 is 0. The molecule has 3 atom stereocenters. The van der Waals surface area contributed by atoms with Crippen LogP contribution in [-0.2, 0) is 4.79 Å². The van der Waals surface area contributed by atoms with E-state index in [4.69, 9.17) is 5.73 Å². The number of likely N-dealkylation sites (tertiary alicyclic amines) is 1. The molecular weight excluding hydrogens is 238 g/mol. The smallest absolute Gasteiger partial charge is 0.236 e. The first-order chi connectivity index (χ1) is 9.06. The maximum Gasteiger partial charge on any atom is 0.236 e. The second-order valence-electron chi connectivity index (χ2n) is 6.46. The van der Waals surface area contributed by atoms with Gasteiger partial charge < -0.3 is 10.6 Å². The number of rotatable bonds is 5. The number of amides is 1. The number of likely N-dealkylation sites (N-methyl/N-ethyl adjacent to an activating group) is 1. The van der Waals surface area contributed by atoms with Crippen LogP contribution >= 0.6 is 0 Å². The lowest BCUT2D eigenvalue weighted by Gasteiger charge is -2.42. The van der Waals surface area contributed by atoms with Gasteiger partial charge in [-0.1, -0.05) is 13.8 Å². The first-order valence-electron chi connectivity index (χ1n) is 7.80. The fourth-order valence-corrected chi connectivity index (χ4v) is 3.61. The third-order valence-electron chi connectivity index (χ3n) is 4.67. The normalized spacial score (nSPS) is 32.3. The fourth-order valence-electron chi connectivity index (χ4n) is 3.61. The molecule has 0 spiro atoms. The number of carbonyl (C=O) groups is 1. The first kappa shape index (κ1) is 14.8. The summed E-state index contributed by atoms with van der Waals surface area (Å²) in [4.78, 5) is 16.8. The Morgan fingerprint density at radius 1 is 1.37 bits per heavy atom. The molecule has 0 aromatic heterocycles. The third-order valence-corrected chi connectivity index (χ3v) is 4.67. The Bertz CT molecular complexity index is 317. The molecule has 110 valence electrons. The van der Waals surface area contributed by atoms with Crippen molar-refractivity contribution < 1.29 is 4.79 Å². The summed E-state index contributed by atoms with van der Waals surface area (Å²) in [6, 6.07) is 0.895. The highest BCUT2D eigenvalue weighted by Crippen LogP contribution is 2.29. The highest BCUT2D eigenvalue weighted by atomic mass is 16.2. The zero-order chi connectivity index (χ0) is 14.0. The van der Waals surface area contributed by atoms with Gasteiger partial charge in [-0.3, -0.25) is 9.69 Å². The zero-order valence-electron chi connectivity index (χ0n) is 12.6. The lowest BCUT2D eigenvalue weighted by molar-refractivity contribution is -0.134. The first-order valence-corrected chi connectivity index (χ1v) is 7.80. The van der Waals surface area contributed by atoms with Crippen molar-refractivity contribution in [1.82, 2.24) is 9.80 Å². The Labute approximate surface area is 117 Å². The number of piperidine rings is 1. The van der Waals surface area contributed by atoms with Crippen LogP contribution in [0.3, 0.4) is 0 Å². The molecule has 1 saturated heterocycles. The molecule has 1 saturated carbocycles. The Balaban J connectivity index is 1.96. The molecular formula is C15H29N3O. The van der Waals surface area contributed by atoms with Gasteiger partial charge in [0.15, 0.2) is 0 Å². The number of nitrogens with zero attached hydrogens (tertiary/aromatic N) is 2.